The van der Waals surface area contributed by atoms with Crippen molar-refractivity contribution in [2.45, 2.75) is 59.7 Å². The third-order valence-corrected chi connectivity index (χ3v) is 8.13. The van der Waals surface area contributed by atoms with Crippen molar-refractivity contribution in [3.8, 4) is 33.4 Å². The topological polar surface area (TPSA) is 43.7 Å². The molecule has 1 aliphatic heterocycles. The monoisotopic (exact) mass is 554 g/mol. The Hall–Kier alpha value is -4.06. The lowest BCUT2D eigenvalue weighted by molar-refractivity contribution is 0.00578. The largest absolute Gasteiger partial charge is 0.494 e. The molecule has 3 aromatic carbocycles. The molecule has 5 rings (SSSR count). The SMILES string of the molecule is C=N/C=C(\C=C(C)C)c1ccccc1-c1cc(B2OC(C)(C)C(C)(C)O2)cc(-c2ccccc2-c2cncc(C)c2)c1. The van der Waals surface area contributed by atoms with E-state index in [9.17, 15) is 0 Å². The summed E-state index contributed by atoms with van der Waals surface area (Å²) in [5.74, 6) is 0. The van der Waals surface area contributed by atoms with E-state index in [0.29, 0.717) is 0 Å². The van der Waals surface area contributed by atoms with Crippen LogP contribution in [0.1, 0.15) is 52.7 Å². The van der Waals surface area contributed by atoms with Gasteiger partial charge in [0, 0.05) is 29.7 Å². The Bertz CT molecular complexity index is 1680. The van der Waals surface area contributed by atoms with E-state index in [4.69, 9.17) is 9.31 Å². The summed E-state index contributed by atoms with van der Waals surface area (Å²) in [6, 6.07) is 25.8. The minimum absolute atomic E-state index is 0.453. The number of hydrogen-bond acceptors (Lipinski definition) is 4. The second-order valence-corrected chi connectivity index (χ2v) is 12.3. The Kier molecular flexibility index (Phi) is 8.18. The van der Waals surface area contributed by atoms with Gasteiger partial charge in [-0.3, -0.25) is 9.98 Å². The summed E-state index contributed by atoms with van der Waals surface area (Å²) in [6.07, 6.45) is 7.78. The van der Waals surface area contributed by atoms with Crippen LogP contribution in [0.5, 0.6) is 0 Å². The van der Waals surface area contributed by atoms with Crippen LogP contribution in [0, 0.1) is 6.92 Å². The first-order chi connectivity index (χ1) is 20.0. The number of aromatic nitrogens is 1. The molecule has 1 aliphatic rings. The smallest absolute Gasteiger partial charge is 0.399 e. The highest BCUT2D eigenvalue weighted by Crippen LogP contribution is 2.39. The van der Waals surface area contributed by atoms with Gasteiger partial charge in [-0.15, -0.1) is 0 Å². The lowest BCUT2D eigenvalue weighted by Gasteiger charge is -2.32. The van der Waals surface area contributed by atoms with Gasteiger partial charge < -0.3 is 9.31 Å². The van der Waals surface area contributed by atoms with Crippen LogP contribution in [0.2, 0.25) is 0 Å². The van der Waals surface area contributed by atoms with Crippen LogP contribution >= 0.6 is 0 Å². The van der Waals surface area contributed by atoms with E-state index >= 15 is 0 Å². The first-order valence-electron chi connectivity index (χ1n) is 14.4. The maximum Gasteiger partial charge on any atom is 0.494 e. The van der Waals surface area contributed by atoms with E-state index in [1.165, 1.54) is 5.57 Å². The van der Waals surface area contributed by atoms with Gasteiger partial charge >= 0.3 is 7.12 Å². The van der Waals surface area contributed by atoms with E-state index in [0.717, 1.165) is 55.5 Å². The fourth-order valence-electron chi connectivity index (χ4n) is 5.35. The van der Waals surface area contributed by atoms with Crippen LogP contribution in [0.25, 0.3) is 39.0 Å². The maximum atomic E-state index is 6.55. The van der Waals surface area contributed by atoms with Crippen LogP contribution in [0.4, 0.5) is 0 Å². The van der Waals surface area contributed by atoms with Gasteiger partial charge in [-0.2, -0.15) is 0 Å². The summed E-state index contributed by atoms with van der Waals surface area (Å²) in [6.45, 7) is 18.3. The summed E-state index contributed by atoms with van der Waals surface area (Å²) >= 11 is 0. The minimum Gasteiger partial charge on any atom is -0.399 e. The van der Waals surface area contributed by atoms with Crippen LogP contribution in [-0.2, 0) is 9.31 Å². The molecule has 5 heteroatoms. The highest BCUT2D eigenvalue weighted by molar-refractivity contribution is 6.62. The standard InChI is InChI=1S/C37H39BN2O2/c1-25(2)17-29(23-39-8)34-15-11-9-13-32(34)27-19-28(21-31(20-27)38-41-36(4,5)37(6,7)42-38)33-14-10-12-16-35(33)30-18-26(3)22-40-24-30/h9-24H,8H2,1-7H3/b29-23+. The second-order valence-electron chi connectivity index (χ2n) is 12.3. The fraction of sp³-hybridized carbons (Fsp3) is 0.243. The Balaban J connectivity index is 1.75. The molecular formula is C37H39BN2O2. The molecule has 4 nitrogen and oxygen atoms in total. The van der Waals surface area contributed by atoms with Crippen molar-refractivity contribution in [2.24, 2.45) is 4.99 Å². The number of aryl methyl sites for hydroxylation is 1. The molecule has 4 aromatic rings. The van der Waals surface area contributed by atoms with Crippen LogP contribution in [0.15, 0.2) is 108 Å². The third-order valence-electron chi connectivity index (χ3n) is 8.13. The molecule has 0 radical (unpaired) electrons. The van der Waals surface area contributed by atoms with Gasteiger partial charge in [-0.25, -0.2) is 0 Å². The van der Waals surface area contributed by atoms with Crippen molar-refractivity contribution in [3.05, 3.63) is 114 Å². The molecule has 0 saturated carbocycles. The van der Waals surface area contributed by atoms with Crippen LogP contribution < -0.4 is 5.46 Å². The highest BCUT2D eigenvalue weighted by atomic mass is 16.7. The first kappa shape index (κ1) is 29.4. The number of pyridine rings is 1. The second kappa shape index (κ2) is 11.7. The van der Waals surface area contributed by atoms with Crippen molar-refractivity contribution in [1.82, 2.24) is 4.98 Å². The summed E-state index contributed by atoms with van der Waals surface area (Å²) in [5.41, 5.74) is 11.0. The molecule has 1 aromatic heterocycles. The average Bonchev–Trinajstić information content (AvgIpc) is 3.18. The molecule has 0 aliphatic carbocycles. The predicted molar refractivity (Wildman–Crippen MR) is 178 cm³/mol. The summed E-state index contributed by atoms with van der Waals surface area (Å²) in [7, 11) is -0.503. The van der Waals surface area contributed by atoms with Crippen molar-refractivity contribution >= 4 is 24.9 Å². The Morgan fingerprint density at radius 3 is 1.95 bits per heavy atom. The molecule has 212 valence electrons. The maximum absolute atomic E-state index is 6.55. The van der Waals surface area contributed by atoms with Crippen molar-refractivity contribution in [3.63, 3.8) is 0 Å². The third kappa shape index (κ3) is 5.94. The van der Waals surface area contributed by atoms with Gasteiger partial charge in [-0.05, 0) is 112 Å². The lowest BCUT2D eigenvalue weighted by Crippen LogP contribution is -2.41. The first-order valence-corrected chi connectivity index (χ1v) is 14.4. The normalized spacial score (nSPS) is 15.9. The van der Waals surface area contributed by atoms with E-state index in [1.807, 2.05) is 18.6 Å². The van der Waals surface area contributed by atoms with Crippen molar-refractivity contribution in [2.75, 3.05) is 0 Å². The molecule has 2 heterocycles. The number of rotatable bonds is 7. The fourth-order valence-corrected chi connectivity index (χ4v) is 5.35. The zero-order chi connectivity index (χ0) is 30.1. The summed E-state index contributed by atoms with van der Waals surface area (Å²) in [4.78, 5) is 8.61. The molecule has 0 atom stereocenters. The molecule has 1 fully saturated rings. The summed E-state index contributed by atoms with van der Waals surface area (Å²) in [5, 5.41) is 0. The molecule has 0 unspecified atom stereocenters. The Morgan fingerprint density at radius 1 is 0.786 bits per heavy atom. The predicted octanol–water partition coefficient (Wildman–Crippen LogP) is 8.70. The zero-order valence-electron chi connectivity index (χ0n) is 25.7. The Morgan fingerprint density at radius 2 is 1.36 bits per heavy atom. The van der Waals surface area contributed by atoms with E-state index in [1.54, 1.807) is 0 Å². The van der Waals surface area contributed by atoms with Gasteiger partial charge in [-0.1, -0.05) is 72.3 Å². The quantitative estimate of drug-likeness (QED) is 0.130. The van der Waals surface area contributed by atoms with E-state index in [-0.39, 0.29) is 0 Å². The van der Waals surface area contributed by atoms with Crippen LogP contribution in [-0.4, -0.2) is 30.0 Å². The lowest BCUT2D eigenvalue weighted by atomic mass is 9.75. The van der Waals surface area contributed by atoms with Gasteiger partial charge in [0.15, 0.2) is 0 Å². The summed E-state index contributed by atoms with van der Waals surface area (Å²) < 4.78 is 13.1. The van der Waals surface area contributed by atoms with Gasteiger partial charge in [0.05, 0.1) is 11.2 Å². The van der Waals surface area contributed by atoms with Gasteiger partial charge in [0.25, 0.3) is 0 Å². The van der Waals surface area contributed by atoms with Crippen LogP contribution in [0.3, 0.4) is 0 Å². The zero-order valence-corrected chi connectivity index (χ0v) is 25.7. The van der Waals surface area contributed by atoms with Crippen molar-refractivity contribution in [1.29, 1.82) is 0 Å². The number of allylic oxidation sites excluding steroid dienone is 3. The molecule has 1 saturated heterocycles. The minimum atomic E-state index is -0.503. The molecule has 0 bridgehead atoms. The van der Waals surface area contributed by atoms with Gasteiger partial charge in [0.2, 0.25) is 0 Å². The molecule has 0 spiro atoms. The molecule has 0 amide bonds. The highest BCUT2D eigenvalue weighted by Gasteiger charge is 2.51. The Labute approximate surface area is 251 Å². The molecule has 0 N–H and O–H groups in total. The molecule has 42 heavy (non-hydrogen) atoms. The molecular weight excluding hydrogens is 515 g/mol. The average molecular weight is 555 g/mol. The number of hydrogen-bond donors (Lipinski definition) is 0. The number of nitrogens with zero attached hydrogens (tertiary/aromatic N) is 2. The van der Waals surface area contributed by atoms with Crippen molar-refractivity contribution < 1.29 is 9.31 Å². The van der Waals surface area contributed by atoms with E-state index < -0.39 is 18.3 Å². The number of benzene rings is 3. The van der Waals surface area contributed by atoms with E-state index in [2.05, 4.69) is 144 Å². The van der Waals surface area contributed by atoms with Gasteiger partial charge in [0.1, 0.15) is 0 Å². The number of aliphatic imine (C=N–C) groups is 1.